The lowest BCUT2D eigenvalue weighted by Gasteiger charge is -1.87. The molecule has 0 saturated carbocycles. The van der Waals surface area contributed by atoms with Crippen LogP contribution in [0.4, 0.5) is 10.0 Å². The Morgan fingerprint density at radius 1 is 1.70 bits per heavy atom. The maximum absolute atomic E-state index is 10.7. The molecule has 0 spiro atoms. The van der Waals surface area contributed by atoms with Crippen molar-refractivity contribution in [2.24, 2.45) is 0 Å². The van der Waals surface area contributed by atoms with Crippen LogP contribution in [0, 0.1) is 0 Å². The minimum absolute atomic E-state index is 0.0706. The zero-order valence-electron chi connectivity index (χ0n) is 5.18. The molecule has 0 fully saturated rings. The largest absolute Gasteiger partial charge is 0.391 e. The van der Waals surface area contributed by atoms with Gasteiger partial charge in [-0.05, 0) is 11.6 Å². The van der Waals surface area contributed by atoms with Crippen LogP contribution in [-0.2, 0) is 11.2 Å². The highest BCUT2D eigenvalue weighted by Gasteiger charge is 2.19. The van der Waals surface area contributed by atoms with Gasteiger partial charge in [-0.25, -0.2) is 0 Å². The number of rotatable bonds is 0. The maximum Gasteiger partial charge on any atom is 0.229 e. The molecule has 52 valence electrons. The molecule has 2 heterocycles. The van der Waals surface area contributed by atoms with E-state index in [0.29, 0.717) is 6.42 Å². The fourth-order valence-corrected chi connectivity index (χ4v) is 1.89. The number of thiophene rings is 1. The van der Waals surface area contributed by atoms with Crippen molar-refractivity contribution in [3.05, 3.63) is 11.6 Å². The van der Waals surface area contributed by atoms with Gasteiger partial charge < -0.3 is 11.1 Å². The smallest absolute Gasteiger partial charge is 0.229 e. The summed E-state index contributed by atoms with van der Waals surface area (Å²) in [7, 11) is 0. The van der Waals surface area contributed by atoms with Crippen LogP contribution in [0.5, 0.6) is 0 Å². The molecule has 0 aliphatic carbocycles. The van der Waals surface area contributed by atoms with E-state index in [0.717, 1.165) is 15.6 Å². The molecule has 10 heavy (non-hydrogen) atoms. The second-order valence-electron chi connectivity index (χ2n) is 2.23. The third-order valence-corrected chi connectivity index (χ3v) is 2.35. The summed E-state index contributed by atoms with van der Waals surface area (Å²) < 4.78 is 0. The first-order valence-electron chi connectivity index (χ1n) is 2.94. The van der Waals surface area contributed by atoms with Crippen molar-refractivity contribution in [1.29, 1.82) is 0 Å². The molecule has 0 saturated heterocycles. The van der Waals surface area contributed by atoms with Gasteiger partial charge in [-0.15, -0.1) is 11.3 Å². The van der Waals surface area contributed by atoms with Gasteiger partial charge in [0.2, 0.25) is 5.91 Å². The maximum atomic E-state index is 10.7. The summed E-state index contributed by atoms with van der Waals surface area (Å²) in [5, 5.41) is 4.41. The molecule has 3 N–H and O–H groups in total. The number of nitrogens with one attached hydrogen (secondary N) is 1. The van der Waals surface area contributed by atoms with Crippen molar-refractivity contribution in [1.82, 2.24) is 0 Å². The molecule has 1 amide bonds. The summed E-state index contributed by atoms with van der Waals surface area (Å²) in [4.78, 5) is 10.7. The van der Waals surface area contributed by atoms with E-state index >= 15 is 0 Å². The molecule has 2 rings (SSSR count). The van der Waals surface area contributed by atoms with E-state index in [-0.39, 0.29) is 5.91 Å². The summed E-state index contributed by atoms with van der Waals surface area (Å²) in [5.74, 6) is 0.0706. The first-order chi connectivity index (χ1) is 4.75. The van der Waals surface area contributed by atoms with E-state index in [1.165, 1.54) is 11.3 Å². The van der Waals surface area contributed by atoms with Gasteiger partial charge in [-0.1, -0.05) is 0 Å². The van der Waals surface area contributed by atoms with E-state index < -0.39 is 0 Å². The van der Waals surface area contributed by atoms with Crippen LogP contribution in [-0.4, -0.2) is 5.91 Å². The molecule has 3 nitrogen and oxygen atoms in total. The van der Waals surface area contributed by atoms with Gasteiger partial charge in [0.05, 0.1) is 11.4 Å². The first kappa shape index (κ1) is 5.73. The molecule has 0 bridgehead atoms. The fraction of sp³-hybridized carbons (Fsp3) is 0.167. The number of anilines is 2. The minimum atomic E-state index is 0.0706. The topological polar surface area (TPSA) is 55.1 Å². The first-order valence-corrected chi connectivity index (χ1v) is 3.75. The molecule has 1 aromatic rings. The molecule has 0 atom stereocenters. The Balaban J connectivity index is 2.47. The SMILES string of the molecule is Nc1cc2c(s1)NC(=O)C2. The molecule has 1 aliphatic rings. The summed E-state index contributed by atoms with van der Waals surface area (Å²) >= 11 is 1.43. The number of fused-ring (bicyclic) bond motifs is 1. The molecule has 4 heteroatoms. The molecular weight excluding hydrogens is 148 g/mol. The van der Waals surface area contributed by atoms with E-state index in [4.69, 9.17) is 5.73 Å². The van der Waals surface area contributed by atoms with Crippen molar-refractivity contribution < 1.29 is 4.79 Å². The highest BCUT2D eigenvalue weighted by atomic mass is 32.1. The highest BCUT2D eigenvalue weighted by molar-refractivity contribution is 7.20. The Labute approximate surface area is 61.8 Å². The average Bonchev–Trinajstić information content (AvgIpc) is 2.21. The molecular formula is C6H6N2OS. The Morgan fingerprint density at radius 2 is 2.50 bits per heavy atom. The summed E-state index contributed by atoms with van der Waals surface area (Å²) in [6.07, 6.45) is 0.489. The average molecular weight is 154 g/mol. The zero-order valence-corrected chi connectivity index (χ0v) is 5.99. The Morgan fingerprint density at radius 3 is 3.20 bits per heavy atom. The lowest BCUT2D eigenvalue weighted by atomic mass is 10.3. The number of hydrogen-bond acceptors (Lipinski definition) is 3. The van der Waals surface area contributed by atoms with Crippen LogP contribution in [0.1, 0.15) is 5.56 Å². The summed E-state index contributed by atoms with van der Waals surface area (Å²) in [5.41, 5.74) is 6.54. The predicted octanol–water partition coefficient (Wildman–Crippen LogP) is 0.825. The van der Waals surface area contributed by atoms with Crippen LogP contribution in [0.25, 0.3) is 0 Å². The van der Waals surface area contributed by atoms with Gasteiger partial charge in [0.15, 0.2) is 0 Å². The van der Waals surface area contributed by atoms with Crippen LogP contribution in [0.15, 0.2) is 6.07 Å². The quantitative estimate of drug-likeness (QED) is 0.581. The number of carbonyl (C=O) groups excluding carboxylic acids is 1. The van der Waals surface area contributed by atoms with Gasteiger partial charge in [-0.2, -0.15) is 0 Å². The van der Waals surface area contributed by atoms with Gasteiger partial charge in [0.1, 0.15) is 5.00 Å². The highest BCUT2D eigenvalue weighted by Crippen LogP contribution is 2.33. The number of nitrogens with two attached hydrogens (primary N) is 1. The molecule has 0 aromatic carbocycles. The Kier molecular flexibility index (Phi) is 0.990. The van der Waals surface area contributed by atoms with E-state index in [1.54, 1.807) is 0 Å². The van der Waals surface area contributed by atoms with Crippen LogP contribution in [0.2, 0.25) is 0 Å². The molecule has 1 aliphatic heterocycles. The number of hydrogen-bond donors (Lipinski definition) is 2. The van der Waals surface area contributed by atoms with E-state index in [1.807, 2.05) is 6.07 Å². The number of nitrogen functional groups attached to an aromatic ring is 1. The molecule has 1 aromatic heterocycles. The minimum Gasteiger partial charge on any atom is -0.391 e. The van der Waals surface area contributed by atoms with Crippen molar-refractivity contribution in [2.45, 2.75) is 6.42 Å². The van der Waals surface area contributed by atoms with Crippen LogP contribution in [0.3, 0.4) is 0 Å². The fourth-order valence-electron chi connectivity index (χ4n) is 1.03. The Hall–Kier alpha value is -1.03. The molecule has 0 radical (unpaired) electrons. The van der Waals surface area contributed by atoms with Gasteiger partial charge in [-0.3, -0.25) is 4.79 Å². The predicted molar refractivity (Wildman–Crippen MR) is 41.1 cm³/mol. The number of carbonyl (C=O) groups is 1. The van der Waals surface area contributed by atoms with Crippen molar-refractivity contribution in [3.8, 4) is 0 Å². The molecule has 0 unspecified atom stereocenters. The second kappa shape index (κ2) is 1.73. The van der Waals surface area contributed by atoms with Crippen molar-refractivity contribution in [3.63, 3.8) is 0 Å². The lowest BCUT2D eigenvalue weighted by Crippen LogP contribution is -2.03. The third kappa shape index (κ3) is 0.690. The van der Waals surface area contributed by atoms with Crippen LogP contribution >= 0.6 is 11.3 Å². The summed E-state index contributed by atoms with van der Waals surface area (Å²) in [6.45, 7) is 0. The van der Waals surface area contributed by atoms with Gasteiger partial charge in [0, 0.05) is 0 Å². The normalized spacial score (nSPS) is 15.0. The van der Waals surface area contributed by atoms with E-state index in [2.05, 4.69) is 5.32 Å². The third-order valence-electron chi connectivity index (χ3n) is 1.43. The second-order valence-corrected chi connectivity index (χ2v) is 3.31. The zero-order chi connectivity index (χ0) is 7.14. The van der Waals surface area contributed by atoms with Crippen molar-refractivity contribution >= 4 is 27.2 Å². The summed E-state index contributed by atoms with van der Waals surface area (Å²) in [6, 6.07) is 1.85. The van der Waals surface area contributed by atoms with Crippen LogP contribution < -0.4 is 11.1 Å². The van der Waals surface area contributed by atoms with Crippen molar-refractivity contribution in [2.75, 3.05) is 11.1 Å². The monoisotopic (exact) mass is 154 g/mol. The number of amides is 1. The van der Waals surface area contributed by atoms with E-state index in [9.17, 15) is 4.79 Å². The standard InChI is InChI=1S/C6H6N2OS/c7-4-1-3-2-5(9)8-6(3)10-4/h1H,2,7H2,(H,8,9). The Bertz CT molecular complexity index is 266. The van der Waals surface area contributed by atoms with Gasteiger partial charge in [0.25, 0.3) is 0 Å². The lowest BCUT2D eigenvalue weighted by molar-refractivity contribution is -0.115. The van der Waals surface area contributed by atoms with Gasteiger partial charge >= 0.3 is 0 Å².